The molecule has 1 amide bonds. The quantitative estimate of drug-likeness (QED) is 0.543. The summed E-state index contributed by atoms with van der Waals surface area (Å²) in [6.45, 7) is 6.01. The molecule has 0 aliphatic heterocycles. The van der Waals surface area contributed by atoms with Crippen LogP contribution in [0.4, 0.5) is 23.3 Å². The number of nitrogens with two attached hydrogens (primary N) is 1. The van der Waals surface area contributed by atoms with E-state index in [1.165, 1.54) is 11.8 Å². The van der Waals surface area contributed by atoms with Crippen molar-refractivity contribution in [3.63, 3.8) is 0 Å². The standard InChI is InChI=1S/C21H24N6OS/c1-13-8-6-10-17(15(13)3)23-19(28)12-29-11-18-25-20(22)27-21(26-18)24-16-9-5-4-7-14(16)2/h4-10H,11-12H2,1-3H3,(H,23,28)(H3,22,24,25,26,27). The first-order valence-corrected chi connectivity index (χ1v) is 10.3. The SMILES string of the molecule is Cc1ccccc1Nc1nc(N)nc(CSCC(=O)Nc2cccc(C)c2C)n1. The largest absolute Gasteiger partial charge is 0.368 e. The fourth-order valence-electron chi connectivity index (χ4n) is 2.70. The number of anilines is 4. The zero-order valence-electron chi connectivity index (χ0n) is 16.7. The highest BCUT2D eigenvalue weighted by molar-refractivity contribution is 7.99. The van der Waals surface area contributed by atoms with Crippen LogP contribution in [0.2, 0.25) is 0 Å². The summed E-state index contributed by atoms with van der Waals surface area (Å²) in [4.78, 5) is 25.0. The minimum Gasteiger partial charge on any atom is -0.368 e. The van der Waals surface area contributed by atoms with Crippen molar-refractivity contribution in [2.24, 2.45) is 0 Å². The Balaban J connectivity index is 1.58. The molecule has 4 N–H and O–H groups in total. The Bertz CT molecular complexity index is 1020. The van der Waals surface area contributed by atoms with E-state index in [0.717, 1.165) is 28.1 Å². The molecule has 0 aliphatic rings. The molecule has 0 bridgehead atoms. The van der Waals surface area contributed by atoms with Gasteiger partial charge < -0.3 is 16.4 Å². The molecular formula is C21H24N6OS. The molecule has 3 aromatic rings. The van der Waals surface area contributed by atoms with Gasteiger partial charge in [0.1, 0.15) is 5.82 Å². The summed E-state index contributed by atoms with van der Waals surface area (Å²) >= 11 is 1.42. The van der Waals surface area contributed by atoms with E-state index in [1.54, 1.807) is 0 Å². The van der Waals surface area contributed by atoms with E-state index in [-0.39, 0.29) is 11.9 Å². The molecule has 0 unspecified atom stereocenters. The van der Waals surface area contributed by atoms with Crippen LogP contribution in [0.15, 0.2) is 42.5 Å². The van der Waals surface area contributed by atoms with Crippen LogP contribution in [0.1, 0.15) is 22.5 Å². The van der Waals surface area contributed by atoms with Gasteiger partial charge in [-0.25, -0.2) is 0 Å². The van der Waals surface area contributed by atoms with Crippen LogP contribution >= 0.6 is 11.8 Å². The van der Waals surface area contributed by atoms with Gasteiger partial charge in [-0.05, 0) is 49.6 Å². The van der Waals surface area contributed by atoms with Crippen molar-refractivity contribution < 1.29 is 4.79 Å². The van der Waals surface area contributed by atoms with E-state index in [0.29, 0.717) is 23.3 Å². The molecule has 0 aliphatic carbocycles. The van der Waals surface area contributed by atoms with Gasteiger partial charge >= 0.3 is 0 Å². The first kappa shape index (κ1) is 20.6. The molecule has 0 radical (unpaired) electrons. The first-order chi connectivity index (χ1) is 13.9. The number of nitrogen functional groups attached to an aromatic ring is 1. The average molecular weight is 409 g/mol. The summed E-state index contributed by atoms with van der Waals surface area (Å²) in [7, 11) is 0. The summed E-state index contributed by atoms with van der Waals surface area (Å²) in [5, 5.41) is 6.12. The molecule has 3 rings (SSSR count). The van der Waals surface area contributed by atoms with Gasteiger partial charge in [-0.2, -0.15) is 15.0 Å². The number of para-hydroxylation sites is 1. The van der Waals surface area contributed by atoms with Crippen molar-refractivity contribution in [3.05, 3.63) is 65.0 Å². The Morgan fingerprint density at radius 3 is 2.48 bits per heavy atom. The molecule has 8 heteroatoms. The van der Waals surface area contributed by atoms with Crippen molar-refractivity contribution in [1.29, 1.82) is 0 Å². The van der Waals surface area contributed by atoms with Crippen molar-refractivity contribution in [2.75, 3.05) is 22.1 Å². The van der Waals surface area contributed by atoms with Crippen molar-refractivity contribution in [2.45, 2.75) is 26.5 Å². The smallest absolute Gasteiger partial charge is 0.234 e. The Morgan fingerprint density at radius 1 is 0.966 bits per heavy atom. The number of hydrogen-bond donors (Lipinski definition) is 3. The molecule has 0 saturated carbocycles. The van der Waals surface area contributed by atoms with E-state index in [4.69, 9.17) is 5.73 Å². The van der Waals surface area contributed by atoms with Crippen LogP contribution in [0, 0.1) is 20.8 Å². The lowest BCUT2D eigenvalue weighted by atomic mass is 10.1. The third-order valence-corrected chi connectivity index (χ3v) is 5.36. The third kappa shape index (κ3) is 5.68. The summed E-state index contributed by atoms with van der Waals surface area (Å²) in [6.07, 6.45) is 0. The predicted octanol–water partition coefficient (Wildman–Crippen LogP) is 3.99. The Kier molecular flexibility index (Phi) is 6.66. The van der Waals surface area contributed by atoms with E-state index in [1.807, 2.05) is 63.2 Å². The summed E-state index contributed by atoms with van der Waals surface area (Å²) < 4.78 is 0. The number of nitrogens with zero attached hydrogens (tertiary/aromatic N) is 3. The lowest BCUT2D eigenvalue weighted by Gasteiger charge is -2.11. The van der Waals surface area contributed by atoms with E-state index < -0.39 is 0 Å². The molecule has 0 fully saturated rings. The van der Waals surface area contributed by atoms with Crippen LogP contribution < -0.4 is 16.4 Å². The number of nitrogens with one attached hydrogen (secondary N) is 2. The van der Waals surface area contributed by atoms with Crippen LogP contribution in [0.5, 0.6) is 0 Å². The zero-order valence-corrected chi connectivity index (χ0v) is 17.5. The maximum absolute atomic E-state index is 12.3. The van der Waals surface area contributed by atoms with Gasteiger partial charge in [-0.1, -0.05) is 30.3 Å². The maximum atomic E-state index is 12.3. The van der Waals surface area contributed by atoms with Crippen LogP contribution in [0.25, 0.3) is 0 Å². The molecule has 0 spiro atoms. The highest BCUT2D eigenvalue weighted by Crippen LogP contribution is 2.20. The van der Waals surface area contributed by atoms with Gasteiger partial charge in [0.2, 0.25) is 17.8 Å². The zero-order chi connectivity index (χ0) is 20.8. The average Bonchev–Trinajstić information content (AvgIpc) is 2.67. The van der Waals surface area contributed by atoms with E-state index in [2.05, 4.69) is 25.6 Å². The van der Waals surface area contributed by atoms with Gasteiger partial charge in [0.15, 0.2) is 0 Å². The molecule has 1 aromatic heterocycles. The van der Waals surface area contributed by atoms with Crippen LogP contribution in [-0.4, -0.2) is 26.6 Å². The summed E-state index contributed by atoms with van der Waals surface area (Å²) in [5.74, 6) is 1.74. The number of benzene rings is 2. The second kappa shape index (κ2) is 9.38. The fourth-order valence-corrected chi connectivity index (χ4v) is 3.37. The Hall–Kier alpha value is -3.13. The molecule has 7 nitrogen and oxygen atoms in total. The molecule has 0 saturated heterocycles. The number of rotatable bonds is 7. The van der Waals surface area contributed by atoms with E-state index >= 15 is 0 Å². The number of hydrogen-bond acceptors (Lipinski definition) is 7. The van der Waals surface area contributed by atoms with Crippen molar-refractivity contribution in [3.8, 4) is 0 Å². The topological polar surface area (TPSA) is 106 Å². The van der Waals surface area contributed by atoms with Gasteiger partial charge in [-0.3, -0.25) is 4.79 Å². The maximum Gasteiger partial charge on any atom is 0.234 e. The second-order valence-electron chi connectivity index (χ2n) is 6.66. The number of aryl methyl sites for hydroxylation is 2. The molecule has 29 heavy (non-hydrogen) atoms. The lowest BCUT2D eigenvalue weighted by molar-refractivity contribution is -0.113. The van der Waals surface area contributed by atoms with Crippen molar-refractivity contribution in [1.82, 2.24) is 15.0 Å². The molecule has 1 heterocycles. The Labute approximate surface area is 174 Å². The molecular weight excluding hydrogens is 384 g/mol. The second-order valence-corrected chi connectivity index (χ2v) is 7.65. The van der Waals surface area contributed by atoms with Gasteiger partial charge in [0.05, 0.1) is 11.5 Å². The minimum absolute atomic E-state index is 0.0658. The molecule has 2 aromatic carbocycles. The molecule has 150 valence electrons. The highest BCUT2D eigenvalue weighted by Gasteiger charge is 2.09. The first-order valence-electron chi connectivity index (χ1n) is 9.19. The highest BCUT2D eigenvalue weighted by atomic mass is 32.2. The van der Waals surface area contributed by atoms with Gasteiger partial charge in [-0.15, -0.1) is 11.8 Å². The number of carbonyl (C=O) groups is 1. The van der Waals surface area contributed by atoms with Gasteiger partial charge in [0, 0.05) is 11.4 Å². The van der Waals surface area contributed by atoms with Crippen LogP contribution in [-0.2, 0) is 10.5 Å². The minimum atomic E-state index is -0.0658. The summed E-state index contributed by atoms with van der Waals surface area (Å²) in [5.41, 5.74) is 10.9. The predicted molar refractivity (Wildman–Crippen MR) is 119 cm³/mol. The summed E-state index contributed by atoms with van der Waals surface area (Å²) in [6, 6.07) is 13.7. The number of aromatic nitrogens is 3. The van der Waals surface area contributed by atoms with Crippen LogP contribution in [0.3, 0.4) is 0 Å². The normalized spacial score (nSPS) is 10.6. The number of thioether (sulfide) groups is 1. The van der Waals surface area contributed by atoms with E-state index in [9.17, 15) is 4.79 Å². The third-order valence-electron chi connectivity index (χ3n) is 4.43. The lowest BCUT2D eigenvalue weighted by Crippen LogP contribution is -2.15. The molecule has 0 atom stereocenters. The van der Waals surface area contributed by atoms with Gasteiger partial charge in [0.25, 0.3) is 0 Å². The number of carbonyl (C=O) groups excluding carboxylic acids is 1. The number of amides is 1. The van der Waals surface area contributed by atoms with Crippen molar-refractivity contribution >= 4 is 40.9 Å². The Morgan fingerprint density at radius 2 is 1.69 bits per heavy atom. The monoisotopic (exact) mass is 408 g/mol. The fraction of sp³-hybridized carbons (Fsp3) is 0.238.